The van der Waals surface area contributed by atoms with E-state index in [1.807, 2.05) is 4.90 Å². The molecule has 0 atom stereocenters. The van der Waals surface area contributed by atoms with Gasteiger partial charge in [-0.25, -0.2) is 23.7 Å². The average Bonchev–Trinajstić information content (AvgIpc) is 2.68. The first-order valence-corrected chi connectivity index (χ1v) is 8.63. The van der Waals surface area contributed by atoms with Crippen molar-refractivity contribution in [3.8, 4) is 11.4 Å². The summed E-state index contributed by atoms with van der Waals surface area (Å²) in [5, 5.41) is -0.221. The number of aromatic nitrogens is 4. The summed E-state index contributed by atoms with van der Waals surface area (Å²) < 4.78 is 27.7. The standard InChI is InChI=1S/C18H14ClF2N5O/c19-16-12(13(20)1-2-14(16)21)7-26-4-3-11-15(8-26)24-17(25-18(11)27)10-5-22-9-23-6-10/h1-2,5-6,9H,3-4,7-8H2,(H,24,25,27). The van der Waals surface area contributed by atoms with Crippen molar-refractivity contribution < 1.29 is 8.78 Å². The zero-order valence-corrected chi connectivity index (χ0v) is 14.8. The van der Waals surface area contributed by atoms with Crippen LogP contribution in [0.15, 0.2) is 35.6 Å². The molecule has 4 rings (SSSR count). The molecule has 0 fully saturated rings. The average molecular weight is 390 g/mol. The molecular formula is C18H14ClF2N5O. The van der Waals surface area contributed by atoms with Crippen LogP contribution in [0.5, 0.6) is 0 Å². The van der Waals surface area contributed by atoms with Gasteiger partial charge in [-0.1, -0.05) is 11.6 Å². The molecule has 138 valence electrons. The van der Waals surface area contributed by atoms with Crippen molar-refractivity contribution >= 4 is 11.6 Å². The minimum Gasteiger partial charge on any atom is -0.306 e. The minimum atomic E-state index is -0.661. The third-order valence-electron chi connectivity index (χ3n) is 4.51. The lowest BCUT2D eigenvalue weighted by Gasteiger charge is -2.28. The molecule has 0 amide bonds. The number of aromatic amines is 1. The predicted octanol–water partition coefficient (Wildman–Crippen LogP) is 2.72. The normalized spacial score (nSPS) is 14.2. The number of halogens is 3. The largest absolute Gasteiger partial charge is 0.306 e. The first-order valence-electron chi connectivity index (χ1n) is 8.25. The molecule has 1 aromatic carbocycles. The summed E-state index contributed by atoms with van der Waals surface area (Å²) in [6, 6.07) is 2.06. The maximum atomic E-state index is 14.1. The number of nitrogens with one attached hydrogen (secondary N) is 1. The molecule has 0 spiro atoms. The number of fused-ring (bicyclic) bond motifs is 1. The fourth-order valence-electron chi connectivity index (χ4n) is 3.12. The Kier molecular flexibility index (Phi) is 4.67. The summed E-state index contributed by atoms with van der Waals surface area (Å²) in [4.78, 5) is 29.4. The van der Waals surface area contributed by atoms with E-state index in [0.717, 1.165) is 12.1 Å². The van der Waals surface area contributed by atoms with Crippen LogP contribution in [0.2, 0.25) is 5.02 Å². The molecule has 1 aliphatic heterocycles. The van der Waals surface area contributed by atoms with Gasteiger partial charge in [-0.3, -0.25) is 9.69 Å². The van der Waals surface area contributed by atoms with Crippen LogP contribution in [0.4, 0.5) is 8.78 Å². The fraction of sp³-hybridized carbons (Fsp3) is 0.222. The van der Waals surface area contributed by atoms with Crippen LogP contribution in [0.1, 0.15) is 16.8 Å². The number of hydrogen-bond donors (Lipinski definition) is 1. The van der Waals surface area contributed by atoms with E-state index in [-0.39, 0.29) is 22.7 Å². The van der Waals surface area contributed by atoms with E-state index < -0.39 is 11.6 Å². The lowest BCUT2D eigenvalue weighted by atomic mass is 10.0. The Morgan fingerprint density at radius 3 is 2.70 bits per heavy atom. The van der Waals surface area contributed by atoms with Crippen molar-refractivity contribution in [2.24, 2.45) is 0 Å². The van der Waals surface area contributed by atoms with Crippen LogP contribution in [0, 0.1) is 11.6 Å². The highest BCUT2D eigenvalue weighted by Crippen LogP contribution is 2.26. The van der Waals surface area contributed by atoms with Gasteiger partial charge in [0.05, 0.1) is 16.3 Å². The van der Waals surface area contributed by atoms with E-state index in [2.05, 4.69) is 19.9 Å². The Labute approximate surface area is 157 Å². The number of H-pyrrole nitrogens is 1. The molecule has 0 saturated carbocycles. The Morgan fingerprint density at radius 1 is 1.19 bits per heavy atom. The molecular weight excluding hydrogens is 376 g/mol. The molecule has 0 radical (unpaired) electrons. The number of benzene rings is 1. The van der Waals surface area contributed by atoms with Gasteiger partial charge in [0.1, 0.15) is 23.8 Å². The van der Waals surface area contributed by atoms with Crippen molar-refractivity contribution in [2.75, 3.05) is 6.54 Å². The highest BCUT2D eigenvalue weighted by molar-refractivity contribution is 6.31. The van der Waals surface area contributed by atoms with Gasteiger partial charge in [-0.15, -0.1) is 0 Å². The highest BCUT2D eigenvalue weighted by Gasteiger charge is 2.23. The van der Waals surface area contributed by atoms with Crippen LogP contribution in [-0.4, -0.2) is 31.4 Å². The van der Waals surface area contributed by atoms with Crippen molar-refractivity contribution in [1.29, 1.82) is 0 Å². The lowest BCUT2D eigenvalue weighted by Crippen LogP contribution is -2.35. The van der Waals surface area contributed by atoms with E-state index >= 15 is 0 Å². The van der Waals surface area contributed by atoms with Crippen LogP contribution < -0.4 is 5.56 Å². The summed E-state index contributed by atoms with van der Waals surface area (Å²) in [7, 11) is 0. The zero-order chi connectivity index (χ0) is 19.0. The topological polar surface area (TPSA) is 74.8 Å². The Hall–Kier alpha value is -2.71. The monoisotopic (exact) mass is 389 g/mol. The maximum absolute atomic E-state index is 14.1. The third kappa shape index (κ3) is 3.45. The van der Waals surface area contributed by atoms with Crippen molar-refractivity contribution in [2.45, 2.75) is 19.5 Å². The third-order valence-corrected chi connectivity index (χ3v) is 4.92. The molecule has 0 bridgehead atoms. The van der Waals surface area contributed by atoms with Gasteiger partial charge in [-0.05, 0) is 18.6 Å². The summed E-state index contributed by atoms with van der Waals surface area (Å²) in [5.41, 5.74) is 1.67. The second-order valence-electron chi connectivity index (χ2n) is 6.25. The van der Waals surface area contributed by atoms with Crippen LogP contribution in [0.3, 0.4) is 0 Å². The first kappa shape index (κ1) is 17.7. The molecule has 6 nitrogen and oxygen atoms in total. The first-order chi connectivity index (χ1) is 13.0. The molecule has 2 aromatic heterocycles. The van der Waals surface area contributed by atoms with Gasteiger partial charge in [0.2, 0.25) is 0 Å². The molecule has 0 aliphatic carbocycles. The second-order valence-corrected chi connectivity index (χ2v) is 6.63. The summed E-state index contributed by atoms with van der Waals surface area (Å²) in [5.74, 6) is -0.851. The Balaban J connectivity index is 1.64. The lowest BCUT2D eigenvalue weighted by molar-refractivity contribution is 0.237. The van der Waals surface area contributed by atoms with Crippen LogP contribution in [-0.2, 0) is 19.5 Å². The SMILES string of the molecule is O=c1[nH]c(-c2cncnc2)nc2c1CCN(Cc1c(F)ccc(F)c1Cl)C2. The van der Waals surface area contributed by atoms with Crippen LogP contribution >= 0.6 is 11.6 Å². The van der Waals surface area contributed by atoms with Crippen molar-refractivity contribution in [1.82, 2.24) is 24.8 Å². The molecule has 0 unspecified atom stereocenters. The fourth-order valence-corrected chi connectivity index (χ4v) is 3.34. The molecule has 27 heavy (non-hydrogen) atoms. The summed E-state index contributed by atoms with van der Waals surface area (Å²) >= 11 is 5.92. The van der Waals surface area contributed by atoms with Gasteiger partial charge in [-0.2, -0.15) is 0 Å². The zero-order valence-electron chi connectivity index (χ0n) is 14.0. The minimum absolute atomic E-state index is 0.0987. The van der Waals surface area contributed by atoms with Crippen LogP contribution in [0.25, 0.3) is 11.4 Å². The molecule has 1 N–H and O–H groups in total. The second kappa shape index (κ2) is 7.13. The van der Waals surface area contributed by atoms with Crippen molar-refractivity contribution in [3.05, 3.63) is 74.7 Å². The molecule has 1 aliphatic rings. The van der Waals surface area contributed by atoms with E-state index in [4.69, 9.17) is 11.6 Å². The number of nitrogens with zero attached hydrogens (tertiary/aromatic N) is 4. The van der Waals surface area contributed by atoms with Gasteiger partial charge in [0.25, 0.3) is 5.56 Å². The summed E-state index contributed by atoms with van der Waals surface area (Å²) in [6.07, 6.45) is 4.96. The Morgan fingerprint density at radius 2 is 1.93 bits per heavy atom. The Bertz CT molecular complexity index is 1060. The maximum Gasteiger partial charge on any atom is 0.254 e. The predicted molar refractivity (Wildman–Crippen MR) is 95.1 cm³/mol. The van der Waals surface area contributed by atoms with Crippen molar-refractivity contribution in [3.63, 3.8) is 0 Å². The summed E-state index contributed by atoms with van der Waals surface area (Å²) in [6.45, 7) is 0.962. The molecule has 3 aromatic rings. The molecule has 3 heterocycles. The molecule has 0 saturated heterocycles. The smallest absolute Gasteiger partial charge is 0.254 e. The quantitative estimate of drug-likeness (QED) is 0.697. The van der Waals surface area contributed by atoms with E-state index in [9.17, 15) is 13.6 Å². The number of rotatable bonds is 3. The van der Waals surface area contributed by atoms with E-state index in [1.54, 1.807) is 12.4 Å². The van der Waals surface area contributed by atoms with Gasteiger partial charge >= 0.3 is 0 Å². The van der Waals surface area contributed by atoms with E-state index in [0.29, 0.717) is 42.2 Å². The number of hydrogen-bond acceptors (Lipinski definition) is 5. The van der Waals surface area contributed by atoms with Gasteiger partial charge in [0, 0.05) is 43.2 Å². The molecule has 9 heteroatoms. The van der Waals surface area contributed by atoms with Gasteiger partial charge < -0.3 is 4.98 Å². The van der Waals surface area contributed by atoms with E-state index in [1.165, 1.54) is 6.33 Å². The highest BCUT2D eigenvalue weighted by atomic mass is 35.5. The van der Waals surface area contributed by atoms with Gasteiger partial charge in [0.15, 0.2) is 0 Å².